The predicted octanol–water partition coefficient (Wildman–Crippen LogP) is 5.58. The van der Waals surface area contributed by atoms with E-state index in [-0.39, 0.29) is 12.1 Å². The first kappa shape index (κ1) is 15.8. The summed E-state index contributed by atoms with van der Waals surface area (Å²) < 4.78 is 7.05. The van der Waals surface area contributed by atoms with Gasteiger partial charge in [0.2, 0.25) is 0 Å². The third-order valence-corrected chi connectivity index (χ3v) is 4.99. The van der Waals surface area contributed by atoms with Crippen LogP contribution in [0.3, 0.4) is 0 Å². The Morgan fingerprint density at radius 2 is 1.90 bits per heavy atom. The van der Waals surface area contributed by atoms with Crippen LogP contribution >= 0.6 is 38.9 Å². The molecule has 2 rings (SSSR count). The summed E-state index contributed by atoms with van der Waals surface area (Å²) in [6.45, 7) is 4.30. The van der Waals surface area contributed by atoms with Gasteiger partial charge in [-0.15, -0.1) is 11.3 Å². The lowest BCUT2D eigenvalue weighted by Crippen LogP contribution is -2.22. The number of hydrogen-bond acceptors (Lipinski definition) is 3. The number of halogens is 2. The summed E-state index contributed by atoms with van der Waals surface area (Å²) >= 11 is 11.1. The molecule has 0 spiro atoms. The Morgan fingerprint density at radius 3 is 2.45 bits per heavy atom. The summed E-state index contributed by atoms with van der Waals surface area (Å²) in [4.78, 5) is 0. The first-order valence-electron chi connectivity index (χ1n) is 6.34. The van der Waals surface area contributed by atoms with Crippen LogP contribution < -0.4 is 10.1 Å². The fraction of sp³-hybridized carbons (Fsp3) is 0.333. The molecule has 0 amide bonds. The molecule has 2 aromatic rings. The molecule has 5 heteroatoms. The maximum atomic E-state index is 5.98. The molecule has 0 fully saturated rings. The first-order chi connectivity index (χ1) is 9.51. The summed E-state index contributed by atoms with van der Waals surface area (Å²) in [7, 11) is 1.67. The van der Waals surface area contributed by atoms with Gasteiger partial charge in [0.1, 0.15) is 5.75 Å². The lowest BCUT2D eigenvalue weighted by atomic mass is 10.1. The number of hydrogen-bond donors (Lipinski definition) is 1. The molecular formula is C15H17BrClNOS. The van der Waals surface area contributed by atoms with Crippen molar-refractivity contribution in [3.05, 3.63) is 49.6 Å². The normalized spacial score (nSPS) is 14.1. The number of rotatable bonds is 5. The van der Waals surface area contributed by atoms with E-state index in [1.54, 1.807) is 18.4 Å². The minimum atomic E-state index is 0.242. The summed E-state index contributed by atoms with van der Waals surface area (Å²) in [6.07, 6.45) is 0. The van der Waals surface area contributed by atoms with Crippen molar-refractivity contribution < 1.29 is 4.74 Å². The monoisotopic (exact) mass is 373 g/mol. The van der Waals surface area contributed by atoms with Gasteiger partial charge < -0.3 is 10.1 Å². The lowest BCUT2D eigenvalue weighted by molar-refractivity contribution is 0.411. The van der Waals surface area contributed by atoms with E-state index >= 15 is 0 Å². The van der Waals surface area contributed by atoms with Gasteiger partial charge in [0.15, 0.2) is 0 Å². The summed E-state index contributed by atoms with van der Waals surface area (Å²) in [6, 6.07) is 8.66. The standard InChI is InChI=1S/C15H17BrClNOS/c1-9(11-4-5-14(19-3)13(16)6-11)18-10(2)12-7-15(17)20-8-12/h4-10,18H,1-3H3. The molecule has 2 unspecified atom stereocenters. The highest BCUT2D eigenvalue weighted by Crippen LogP contribution is 2.30. The molecule has 20 heavy (non-hydrogen) atoms. The Labute approximate surface area is 137 Å². The molecule has 0 aliphatic heterocycles. The summed E-state index contributed by atoms with van der Waals surface area (Å²) in [5.74, 6) is 0.846. The van der Waals surface area contributed by atoms with Gasteiger partial charge in [0.25, 0.3) is 0 Å². The van der Waals surface area contributed by atoms with Crippen LogP contribution in [0.15, 0.2) is 34.1 Å². The van der Waals surface area contributed by atoms with Crippen molar-refractivity contribution in [2.45, 2.75) is 25.9 Å². The minimum absolute atomic E-state index is 0.242. The first-order valence-corrected chi connectivity index (χ1v) is 8.39. The van der Waals surface area contributed by atoms with E-state index in [2.05, 4.69) is 52.6 Å². The molecule has 1 N–H and O–H groups in total. The molecule has 0 radical (unpaired) electrons. The Kier molecular flexibility index (Phi) is 5.49. The van der Waals surface area contributed by atoms with Crippen LogP contribution in [0.1, 0.15) is 37.1 Å². The highest BCUT2D eigenvalue weighted by molar-refractivity contribution is 9.10. The van der Waals surface area contributed by atoms with E-state index in [1.807, 2.05) is 12.1 Å². The molecule has 1 heterocycles. The van der Waals surface area contributed by atoms with Crippen molar-refractivity contribution in [3.63, 3.8) is 0 Å². The second kappa shape index (κ2) is 6.94. The maximum absolute atomic E-state index is 5.98. The number of ether oxygens (including phenoxy) is 1. The van der Waals surface area contributed by atoms with Gasteiger partial charge in [-0.25, -0.2) is 0 Å². The molecule has 0 bridgehead atoms. The number of methoxy groups -OCH3 is 1. The SMILES string of the molecule is COc1ccc(C(C)NC(C)c2csc(Cl)c2)cc1Br. The molecular weight excluding hydrogens is 358 g/mol. The molecule has 0 aliphatic rings. The van der Waals surface area contributed by atoms with Crippen molar-refractivity contribution in [3.8, 4) is 5.75 Å². The fourth-order valence-corrected chi connectivity index (χ4v) is 3.61. The number of thiophene rings is 1. The molecule has 0 saturated carbocycles. The topological polar surface area (TPSA) is 21.3 Å². The van der Waals surface area contributed by atoms with Gasteiger partial charge in [-0.2, -0.15) is 0 Å². The highest BCUT2D eigenvalue weighted by Gasteiger charge is 2.13. The molecule has 0 aliphatic carbocycles. The third kappa shape index (κ3) is 3.76. The van der Waals surface area contributed by atoms with Crippen LogP contribution in [-0.2, 0) is 0 Å². The van der Waals surface area contributed by atoms with E-state index in [1.165, 1.54) is 11.1 Å². The average Bonchev–Trinajstić information content (AvgIpc) is 2.85. The molecule has 2 nitrogen and oxygen atoms in total. The van der Waals surface area contributed by atoms with E-state index in [0.717, 1.165) is 14.6 Å². The van der Waals surface area contributed by atoms with Gasteiger partial charge in [-0.3, -0.25) is 0 Å². The third-order valence-electron chi connectivity index (χ3n) is 3.26. The predicted molar refractivity (Wildman–Crippen MR) is 90.0 cm³/mol. The quantitative estimate of drug-likeness (QED) is 0.737. The van der Waals surface area contributed by atoms with Crippen molar-refractivity contribution in [2.75, 3.05) is 7.11 Å². The lowest BCUT2D eigenvalue weighted by Gasteiger charge is -2.20. The van der Waals surface area contributed by atoms with Crippen molar-refractivity contribution in [1.82, 2.24) is 5.32 Å². The fourth-order valence-electron chi connectivity index (χ4n) is 2.07. The second-order valence-electron chi connectivity index (χ2n) is 4.69. The molecule has 2 atom stereocenters. The maximum Gasteiger partial charge on any atom is 0.133 e. The van der Waals surface area contributed by atoms with Crippen molar-refractivity contribution in [2.24, 2.45) is 0 Å². The largest absolute Gasteiger partial charge is 0.496 e. The summed E-state index contributed by atoms with van der Waals surface area (Å²) in [5, 5.41) is 5.67. The van der Waals surface area contributed by atoms with Crippen LogP contribution in [0.25, 0.3) is 0 Å². The number of benzene rings is 1. The van der Waals surface area contributed by atoms with Gasteiger partial charge in [-0.1, -0.05) is 17.7 Å². The zero-order valence-corrected chi connectivity index (χ0v) is 14.8. The van der Waals surface area contributed by atoms with E-state index in [4.69, 9.17) is 16.3 Å². The van der Waals surface area contributed by atoms with Gasteiger partial charge in [0.05, 0.1) is 15.9 Å². The summed E-state index contributed by atoms with van der Waals surface area (Å²) in [5.41, 5.74) is 2.44. The zero-order chi connectivity index (χ0) is 14.7. The number of nitrogens with one attached hydrogen (secondary N) is 1. The van der Waals surface area contributed by atoms with Crippen molar-refractivity contribution >= 4 is 38.9 Å². The smallest absolute Gasteiger partial charge is 0.133 e. The Morgan fingerprint density at radius 1 is 1.20 bits per heavy atom. The Hall–Kier alpha value is -0.550. The Balaban J connectivity index is 2.07. The molecule has 108 valence electrons. The van der Waals surface area contributed by atoms with Crippen LogP contribution in [0.4, 0.5) is 0 Å². The van der Waals surface area contributed by atoms with Gasteiger partial charge in [0, 0.05) is 12.1 Å². The second-order valence-corrected chi connectivity index (χ2v) is 7.09. The van der Waals surface area contributed by atoms with Gasteiger partial charge in [-0.05, 0) is 64.5 Å². The van der Waals surface area contributed by atoms with Crippen LogP contribution in [-0.4, -0.2) is 7.11 Å². The molecule has 1 aromatic heterocycles. The van der Waals surface area contributed by atoms with Crippen LogP contribution in [0, 0.1) is 0 Å². The molecule has 0 saturated heterocycles. The van der Waals surface area contributed by atoms with Crippen LogP contribution in [0.5, 0.6) is 5.75 Å². The van der Waals surface area contributed by atoms with E-state index in [9.17, 15) is 0 Å². The Bertz CT molecular complexity index is 587. The minimum Gasteiger partial charge on any atom is -0.496 e. The zero-order valence-electron chi connectivity index (χ0n) is 11.6. The molecule has 1 aromatic carbocycles. The van der Waals surface area contributed by atoms with Crippen LogP contribution in [0.2, 0.25) is 4.34 Å². The van der Waals surface area contributed by atoms with E-state index < -0.39 is 0 Å². The average molecular weight is 375 g/mol. The van der Waals surface area contributed by atoms with Crippen molar-refractivity contribution in [1.29, 1.82) is 0 Å². The van der Waals surface area contributed by atoms with Gasteiger partial charge >= 0.3 is 0 Å². The van der Waals surface area contributed by atoms with E-state index in [0.29, 0.717) is 0 Å². The highest BCUT2D eigenvalue weighted by atomic mass is 79.9.